The Labute approximate surface area is 65.6 Å². The van der Waals surface area contributed by atoms with Crippen molar-refractivity contribution in [3.8, 4) is 0 Å². The first kappa shape index (κ1) is 8.44. The van der Waals surface area contributed by atoms with Crippen LogP contribution in [0.4, 0.5) is 8.78 Å². The first-order chi connectivity index (χ1) is 5.17. The first-order valence-electron chi connectivity index (χ1n) is 3.89. The smallest absolute Gasteiger partial charge is 0.206 e. The summed E-state index contributed by atoms with van der Waals surface area (Å²) in [6.45, 7) is 1.77. The van der Waals surface area contributed by atoms with E-state index in [4.69, 9.17) is 0 Å². The van der Waals surface area contributed by atoms with Crippen molar-refractivity contribution in [2.75, 3.05) is 0 Å². The summed E-state index contributed by atoms with van der Waals surface area (Å²) in [7, 11) is 0. The van der Waals surface area contributed by atoms with Crippen LogP contribution in [0.2, 0.25) is 0 Å². The van der Waals surface area contributed by atoms with E-state index in [1.54, 1.807) is 31.2 Å². The highest BCUT2D eigenvalue weighted by molar-refractivity contribution is 5.20. The lowest BCUT2D eigenvalue weighted by Gasteiger charge is -2.19. The number of hydrogen-bond acceptors (Lipinski definition) is 0. The van der Waals surface area contributed by atoms with Crippen LogP contribution in [0.1, 0.15) is 19.8 Å². The van der Waals surface area contributed by atoms with Crippen molar-refractivity contribution in [2.45, 2.75) is 25.7 Å². The maximum atomic E-state index is 13.0. The zero-order valence-corrected chi connectivity index (χ0v) is 6.56. The van der Waals surface area contributed by atoms with Gasteiger partial charge in [0.05, 0.1) is 5.92 Å². The number of halogens is 2. The first-order valence-corrected chi connectivity index (χ1v) is 3.89. The molecule has 0 fully saturated rings. The highest BCUT2D eigenvalue weighted by Crippen LogP contribution is 2.33. The van der Waals surface area contributed by atoms with E-state index < -0.39 is 11.8 Å². The van der Waals surface area contributed by atoms with Gasteiger partial charge in [0.1, 0.15) is 0 Å². The number of hydrogen-bond donors (Lipinski definition) is 0. The molecule has 0 N–H and O–H groups in total. The topological polar surface area (TPSA) is 0 Å². The molecular weight excluding hydrogens is 146 g/mol. The van der Waals surface area contributed by atoms with E-state index >= 15 is 0 Å². The van der Waals surface area contributed by atoms with E-state index in [1.165, 1.54) is 0 Å². The van der Waals surface area contributed by atoms with Gasteiger partial charge >= 0.3 is 0 Å². The SMILES string of the molecule is CCCC(F)(F)C1C=CC=C1. The van der Waals surface area contributed by atoms with Crippen LogP contribution in [-0.4, -0.2) is 5.92 Å². The molecule has 0 radical (unpaired) electrons. The minimum Gasteiger partial charge on any atom is -0.206 e. The summed E-state index contributed by atoms with van der Waals surface area (Å²) >= 11 is 0. The molecular formula is C9H12F2. The molecule has 0 saturated carbocycles. The van der Waals surface area contributed by atoms with Crippen molar-refractivity contribution in [3.05, 3.63) is 24.3 Å². The molecule has 62 valence electrons. The third kappa shape index (κ3) is 1.88. The molecule has 0 amide bonds. The van der Waals surface area contributed by atoms with Crippen molar-refractivity contribution < 1.29 is 8.78 Å². The molecule has 2 heteroatoms. The monoisotopic (exact) mass is 158 g/mol. The van der Waals surface area contributed by atoms with Gasteiger partial charge in [0.2, 0.25) is 0 Å². The maximum Gasteiger partial charge on any atom is 0.257 e. The van der Waals surface area contributed by atoms with Gasteiger partial charge in [0.25, 0.3) is 5.92 Å². The molecule has 0 saturated heterocycles. The normalized spacial score (nSPS) is 18.1. The Kier molecular flexibility index (Phi) is 2.42. The third-order valence-electron chi connectivity index (χ3n) is 1.82. The van der Waals surface area contributed by atoms with Crippen LogP contribution in [0.5, 0.6) is 0 Å². The van der Waals surface area contributed by atoms with Crippen molar-refractivity contribution >= 4 is 0 Å². The summed E-state index contributed by atoms with van der Waals surface area (Å²) in [5, 5.41) is 0. The van der Waals surface area contributed by atoms with Gasteiger partial charge in [-0.15, -0.1) is 0 Å². The second-order valence-corrected chi connectivity index (χ2v) is 2.81. The summed E-state index contributed by atoms with van der Waals surface area (Å²) < 4.78 is 26.1. The van der Waals surface area contributed by atoms with E-state index in [0.29, 0.717) is 6.42 Å². The molecule has 0 spiro atoms. The highest BCUT2D eigenvalue weighted by atomic mass is 19.3. The third-order valence-corrected chi connectivity index (χ3v) is 1.82. The molecule has 1 rings (SSSR count). The largest absolute Gasteiger partial charge is 0.257 e. The second kappa shape index (κ2) is 3.16. The van der Waals surface area contributed by atoms with Gasteiger partial charge in [0.15, 0.2) is 0 Å². The van der Waals surface area contributed by atoms with Crippen LogP contribution < -0.4 is 0 Å². The maximum absolute atomic E-state index is 13.0. The summed E-state index contributed by atoms with van der Waals surface area (Å²) in [6, 6.07) is 0. The molecule has 11 heavy (non-hydrogen) atoms. The number of alkyl halides is 2. The van der Waals surface area contributed by atoms with E-state index in [0.717, 1.165) is 0 Å². The average Bonchev–Trinajstić information content (AvgIpc) is 2.37. The Morgan fingerprint density at radius 3 is 2.27 bits per heavy atom. The fraction of sp³-hybridized carbons (Fsp3) is 0.556. The lowest BCUT2D eigenvalue weighted by Crippen LogP contribution is -2.23. The van der Waals surface area contributed by atoms with E-state index in [-0.39, 0.29) is 6.42 Å². The molecule has 0 unspecified atom stereocenters. The average molecular weight is 158 g/mol. The van der Waals surface area contributed by atoms with Gasteiger partial charge in [0, 0.05) is 6.42 Å². The van der Waals surface area contributed by atoms with Crippen LogP contribution in [0, 0.1) is 5.92 Å². The quantitative estimate of drug-likeness (QED) is 0.591. The van der Waals surface area contributed by atoms with Crippen LogP contribution in [0.25, 0.3) is 0 Å². The van der Waals surface area contributed by atoms with Crippen LogP contribution >= 0.6 is 0 Å². The molecule has 0 aromatic carbocycles. The van der Waals surface area contributed by atoms with Crippen molar-refractivity contribution in [1.29, 1.82) is 0 Å². The molecule has 0 atom stereocenters. The van der Waals surface area contributed by atoms with Crippen molar-refractivity contribution in [2.24, 2.45) is 5.92 Å². The molecule has 0 nitrogen and oxygen atoms in total. The lowest BCUT2D eigenvalue weighted by molar-refractivity contribution is -0.0324. The van der Waals surface area contributed by atoms with Crippen LogP contribution in [0.15, 0.2) is 24.3 Å². The standard InChI is InChI=1S/C9H12F2/c1-2-7-9(10,11)8-5-3-4-6-8/h3-6,8H,2,7H2,1H3. The summed E-state index contributed by atoms with van der Waals surface area (Å²) in [4.78, 5) is 0. The van der Waals surface area contributed by atoms with Gasteiger partial charge < -0.3 is 0 Å². The van der Waals surface area contributed by atoms with Gasteiger partial charge in [-0.2, -0.15) is 0 Å². The van der Waals surface area contributed by atoms with Gasteiger partial charge in [-0.05, 0) is 0 Å². The fourth-order valence-corrected chi connectivity index (χ4v) is 1.21. The Hall–Kier alpha value is -0.660. The zero-order valence-electron chi connectivity index (χ0n) is 6.56. The predicted molar refractivity (Wildman–Crippen MR) is 41.6 cm³/mol. The lowest BCUT2D eigenvalue weighted by atomic mass is 9.99. The molecule has 1 aliphatic carbocycles. The van der Waals surface area contributed by atoms with Gasteiger partial charge in [-0.1, -0.05) is 37.6 Å². The molecule has 0 aromatic heterocycles. The molecule has 0 heterocycles. The second-order valence-electron chi connectivity index (χ2n) is 2.81. The van der Waals surface area contributed by atoms with Gasteiger partial charge in [-0.3, -0.25) is 0 Å². The Morgan fingerprint density at radius 2 is 1.82 bits per heavy atom. The van der Waals surface area contributed by atoms with E-state index in [2.05, 4.69) is 0 Å². The van der Waals surface area contributed by atoms with E-state index in [1.807, 2.05) is 0 Å². The van der Waals surface area contributed by atoms with Gasteiger partial charge in [-0.25, -0.2) is 8.78 Å². The number of allylic oxidation sites excluding steroid dienone is 4. The predicted octanol–water partition coefficient (Wildman–Crippen LogP) is 3.16. The summed E-state index contributed by atoms with van der Waals surface area (Å²) in [6.07, 6.45) is 6.96. The van der Waals surface area contributed by atoms with Crippen molar-refractivity contribution in [3.63, 3.8) is 0 Å². The Balaban J connectivity index is 2.56. The Bertz CT molecular complexity index is 168. The van der Waals surface area contributed by atoms with E-state index in [9.17, 15) is 8.78 Å². The number of rotatable bonds is 3. The summed E-state index contributed by atoms with van der Waals surface area (Å²) in [5.74, 6) is -3.21. The minimum atomic E-state index is -2.54. The van der Waals surface area contributed by atoms with Crippen LogP contribution in [0.3, 0.4) is 0 Å². The highest BCUT2D eigenvalue weighted by Gasteiger charge is 2.35. The van der Waals surface area contributed by atoms with Crippen molar-refractivity contribution in [1.82, 2.24) is 0 Å². The molecule has 0 bridgehead atoms. The Morgan fingerprint density at radius 1 is 1.27 bits per heavy atom. The minimum absolute atomic E-state index is 0.0215. The zero-order chi connectivity index (χ0) is 8.32. The molecule has 0 aliphatic heterocycles. The summed E-state index contributed by atoms with van der Waals surface area (Å²) in [5.41, 5.74) is 0. The fourth-order valence-electron chi connectivity index (χ4n) is 1.21. The van der Waals surface area contributed by atoms with Crippen LogP contribution in [-0.2, 0) is 0 Å². The molecule has 1 aliphatic rings. The molecule has 0 aromatic rings.